The first-order valence-corrected chi connectivity index (χ1v) is 10.0. The molecule has 1 rings (SSSR count). The van der Waals surface area contributed by atoms with Gasteiger partial charge in [0.2, 0.25) is 11.8 Å². The van der Waals surface area contributed by atoms with Gasteiger partial charge in [-0.25, -0.2) is 0 Å². The Morgan fingerprint density at radius 1 is 1.05 bits per heavy atom. The predicted molar refractivity (Wildman–Crippen MR) is 89.8 cm³/mol. The van der Waals surface area contributed by atoms with E-state index in [4.69, 9.17) is 30.1 Å². The first kappa shape index (κ1) is 19.3. The van der Waals surface area contributed by atoms with Gasteiger partial charge < -0.3 is 9.26 Å². The quantitative estimate of drug-likeness (QED) is 0.466. The fraction of sp³-hybridized carbons (Fsp3) is 0.714. The third-order valence-electron chi connectivity index (χ3n) is 2.25. The van der Waals surface area contributed by atoms with Gasteiger partial charge in [-0.3, -0.25) is 9.05 Å². The van der Waals surface area contributed by atoms with Gasteiger partial charge in [-0.1, -0.05) is 13.3 Å². The van der Waals surface area contributed by atoms with Crippen molar-refractivity contribution in [1.82, 2.24) is 10.2 Å². The van der Waals surface area contributed by atoms with E-state index in [0.717, 1.165) is 12.8 Å². The van der Waals surface area contributed by atoms with E-state index in [1.165, 1.54) is 0 Å². The van der Waals surface area contributed by atoms with Gasteiger partial charge in [0, 0.05) is 23.9 Å². The molecule has 0 radical (unpaired) electrons. The number of rotatable bonds is 10. The Balaban J connectivity index is 2.70. The molecule has 0 fully saturated rings. The molecule has 0 unspecified atom stereocenters. The summed E-state index contributed by atoms with van der Waals surface area (Å²) in [5.74, 6) is 0.733. The van der Waals surface area contributed by atoms with E-state index in [1.54, 1.807) is 12.1 Å². The number of hydrogen-bond acceptors (Lipinski definition) is 7. The van der Waals surface area contributed by atoms with Crippen molar-refractivity contribution in [1.29, 1.82) is 0 Å². The standard InChI is InChI=1S/C14H25N2O4PS/c1-6-7-10-17-13-8-9-14(16-15-13)20-21(22,18-11(2)3)19-12(4)5/h8-9,11-12H,6-7,10H2,1-5H3. The molecule has 0 atom stereocenters. The molecule has 22 heavy (non-hydrogen) atoms. The van der Waals surface area contributed by atoms with Crippen LogP contribution < -0.4 is 9.26 Å². The van der Waals surface area contributed by atoms with Gasteiger partial charge in [0.25, 0.3) is 0 Å². The third kappa shape index (κ3) is 7.49. The smallest absolute Gasteiger partial charge is 0.382 e. The number of nitrogens with zero attached hydrogens (tertiary/aromatic N) is 2. The summed E-state index contributed by atoms with van der Waals surface area (Å²) in [6.45, 7) is 7.33. The summed E-state index contributed by atoms with van der Waals surface area (Å²) < 4.78 is 22.4. The molecule has 1 aromatic rings. The highest BCUT2D eigenvalue weighted by atomic mass is 32.5. The van der Waals surface area contributed by atoms with Crippen molar-refractivity contribution in [3.05, 3.63) is 12.1 Å². The molecule has 0 aliphatic heterocycles. The summed E-state index contributed by atoms with van der Waals surface area (Å²) in [6, 6.07) is 3.35. The fourth-order valence-corrected chi connectivity index (χ4v) is 4.21. The highest BCUT2D eigenvalue weighted by Crippen LogP contribution is 2.51. The summed E-state index contributed by atoms with van der Waals surface area (Å²) in [6.07, 6.45) is 1.84. The molecule has 6 nitrogen and oxygen atoms in total. The molecular formula is C14H25N2O4PS. The van der Waals surface area contributed by atoms with Gasteiger partial charge in [0.05, 0.1) is 18.8 Å². The van der Waals surface area contributed by atoms with Gasteiger partial charge in [0.1, 0.15) is 0 Å². The fourth-order valence-electron chi connectivity index (χ4n) is 1.45. The average Bonchev–Trinajstić information content (AvgIpc) is 2.38. The van der Waals surface area contributed by atoms with Crippen LogP contribution in [0.15, 0.2) is 12.1 Å². The van der Waals surface area contributed by atoms with Crippen molar-refractivity contribution in [2.45, 2.75) is 59.7 Å². The molecule has 0 N–H and O–H groups in total. The minimum absolute atomic E-state index is 0.103. The maximum atomic E-state index is 5.66. The van der Waals surface area contributed by atoms with Gasteiger partial charge in [-0.05, 0) is 34.1 Å². The topological polar surface area (TPSA) is 62.7 Å². The molecule has 1 heterocycles. The monoisotopic (exact) mass is 348 g/mol. The van der Waals surface area contributed by atoms with E-state index in [9.17, 15) is 0 Å². The lowest BCUT2D eigenvalue weighted by Gasteiger charge is -2.25. The molecular weight excluding hydrogens is 323 g/mol. The van der Waals surface area contributed by atoms with Crippen molar-refractivity contribution in [3.63, 3.8) is 0 Å². The molecule has 0 amide bonds. The number of hydrogen-bond donors (Lipinski definition) is 0. The molecule has 8 heteroatoms. The van der Waals surface area contributed by atoms with Crippen molar-refractivity contribution in [2.75, 3.05) is 6.61 Å². The molecule has 0 bridgehead atoms. The number of aromatic nitrogens is 2. The van der Waals surface area contributed by atoms with Crippen LogP contribution >= 0.6 is 6.72 Å². The first-order valence-electron chi connectivity index (χ1n) is 7.47. The SMILES string of the molecule is CCCCOc1ccc(OP(=S)(OC(C)C)OC(C)C)nn1. The van der Waals surface area contributed by atoms with Crippen LogP contribution in [0, 0.1) is 0 Å². The van der Waals surface area contributed by atoms with Crippen LogP contribution in [-0.2, 0) is 20.9 Å². The average molecular weight is 348 g/mol. The second-order valence-electron chi connectivity index (χ2n) is 5.26. The summed E-state index contributed by atoms with van der Waals surface area (Å²) in [7, 11) is 0. The molecule has 126 valence electrons. The van der Waals surface area contributed by atoms with Crippen molar-refractivity contribution >= 4 is 18.5 Å². The molecule has 0 aromatic carbocycles. The summed E-state index contributed by atoms with van der Waals surface area (Å²) in [5, 5.41) is 7.92. The second-order valence-corrected chi connectivity index (χ2v) is 8.10. The largest absolute Gasteiger partial charge is 0.477 e. The Kier molecular flexibility index (Phi) is 8.25. The van der Waals surface area contributed by atoms with Crippen molar-refractivity contribution in [2.24, 2.45) is 0 Å². The Bertz CT molecular complexity index is 468. The molecule has 0 saturated heterocycles. The van der Waals surface area contributed by atoms with Gasteiger partial charge in [-0.15, -0.1) is 10.2 Å². The summed E-state index contributed by atoms with van der Waals surface area (Å²) >= 11 is 5.40. The lowest BCUT2D eigenvalue weighted by atomic mass is 10.4. The Labute approximate surface area is 137 Å². The maximum Gasteiger partial charge on any atom is 0.382 e. The van der Waals surface area contributed by atoms with Crippen LogP contribution in [0.25, 0.3) is 0 Å². The summed E-state index contributed by atoms with van der Waals surface area (Å²) in [4.78, 5) is 0. The highest BCUT2D eigenvalue weighted by molar-refractivity contribution is 8.07. The predicted octanol–water partition coefficient (Wildman–Crippen LogP) is 4.11. The first-order chi connectivity index (χ1) is 10.3. The summed E-state index contributed by atoms with van der Waals surface area (Å²) in [5.41, 5.74) is 0. The second kappa shape index (κ2) is 9.40. The van der Waals surface area contributed by atoms with E-state index in [2.05, 4.69) is 17.1 Å². The Morgan fingerprint density at radius 3 is 2.05 bits per heavy atom. The molecule has 0 aliphatic rings. The zero-order valence-corrected chi connectivity index (χ0v) is 15.5. The number of unbranched alkanes of at least 4 members (excludes halogenated alkanes) is 1. The van der Waals surface area contributed by atoms with Gasteiger partial charge in [-0.2, -0.15) is 0 Å². The molecule has 0 saturated carbocycles. The molecule has 1 aromatic heterocycles. The van der Waals surface area contributed by atoms with Crippen molar-refractivity contribution in [3.8, 4) is 11.8 Å². The van der Waals surface area contributed by atoms with Crippen LogP contribution in [0.1, 0.15) is 47.5 Å². The van der Waals surface area contributed by atoms with E-state index < -0.39 is 6.72 Å². The van der Waals surface area contributed by atoms with E-state index >= 15 is 0 Å². The van der Waals surface area contributed by atoms with Crippen molar-refractivity contribution < 1.29 is 18.3 Å². The van der Waals surface area contributed by atoms with E-state index in [-0.39, 0.29) is 18.1 Å². The Morgan fingerprint density at radius 2 is 1.59 bits per heavy atom. The van der Waals surface area contributed by atoms with Crippen LogP contribution in [0.3, 0.4) is 0 Å². The minimum atomic E-state index is -2.90. The number of ether oxygens (including phenoxy) is 1. The van der Waals surface area contributed by atoms with Crippen LogP contribution in [0.5, 0.6) is 11.8 Å². The Hall–Kier alpha value is -0.750. The molecule has 0 spiro atoms. The zero-order chi connectivity index (χ0) is 16.6. The molecule has 0 aliphatic carbocycles. The van der Waals surface area contributed by atoms with E-state index in [1.807, 2.05) is 27.7 Å². The highest BCUT2D eigenvalue weighted by Gasteiger charge is 2.26. The third-order valence-corrected chi connectivity index (χ3v) is 4.76. The van der Waals surface area contributed by atoms with E-state index in [0.29, 0.717) is 12.5 Å². The lowest BCUT2D eigenvalue weighted by molar-refractivity contribution is 0.139. The van der Waals surface area contributed by atoms with Crippen LogP contribution in [0.4, 0.5) is 0 Å². The zero-order valence-electron chi connectivity index (χ0n) is 13.8. The lowest BCUT2D eigenvalue weighted by Crippen LogP contribution is -2.12. The van der Waals surface area contributed by atoms with Gasteiger partial charge >= 0.3 is 6.72 Å². The normalized spacial score (nSPS) is 12.0. The minimum Gasteiger partial charge on any atom is -0.477 e. The van der Waals surface area contributed by atoms with Crippen LogP contribution in [-0.4, -0.2) is 29.0 Å². The van der Waals surface area contributed by atoms with Crippen LogP contribution in [0.2, 0.25) is 0 Å². The van der Waals surface area contributed by atoms with Gasteiger partial charge in [0.15, 0.2) is 0 Å². The maximum absolute atomic E-state index is 5.66.